The van der Waals surface area contributed by atoms with E-state index in [-0.39, 0.29) is 29.9 Å². The van der Waals surface area contributed by atoms with E-state index in [0.717, 1.165) is 30.7 Å². The zero-order valence-corrected chi connectivity index (χ0v) is 17.3. The number of aliphatic hydroxyl groups excluding tert-OH is 1. The molecule has 1 aliphatic carbocycles. The maximum Gasteiger partial charge on any atom is 0.253 e. The first-order valence-corrected chi connectivity index (χ1v) is 9.82. The van der Waals surface area contributed by atoms with Crippen molar-refractivity contribution in [1.29, 1.82) is 0 Å². The van der Waals surface area contributed by atoms with Crippen LogP contribution in [0.3, 0.4) is 0 Å². The molecule has 0 bridgehead atoms. The van der Waals surface area contributed by atoms with E-state index in [2.05, 4.69) is 0 Å². The van der Waals surface area contributed by atoms with Crippen LogP contribution in [0.5, 0.6) is 5.75 Å². The summed E-state index contributed by atoms with van der Waals surface area (Å²) in [5, 5.41) is 9.65. The average Bonchev–Trinajstić information content (AvgIpc) is 2.65. The highest BCUT2D eigenvalue weighted by atomic mass is 16.5. The Labute approximate surface area is 166 Å². The molecule has 7 nitrogen and oxygen atoms in total. The molecule has 0 aromatic heterocycles. The van der Waals surface area contributed by atoms with Crippen LogP contribution in [-0.2, 0) is 4.79 Å². The third-order valence-corrected chi connectivity index (χ3v) is 6.13. The zero-order chi connectivity index (χ0) is 20.5. The molecule has 1 aromatic rings. The number of carbonyl (C=O) groups is 2. The van der Waals surface area contributed by atoms with Gasteiger partial charge in [-0.1, -0.05) is 6.42 Å². The second kappa shape index (κ2) is 7.99. The zero-order valence-electron chi connectivity index (χ0n) is 17.3. The molecule has 154 valence electrons. The summed E-state index contributed by atoms with van der Waals surface area (Å²) in [7, 11) is 7.19. The van der Waals surface area contributed by atoms with Crippen molar-refractivity contribution in [2.75, 3.05) is 52.8 Å². The number of fused-ring (bicyclic) bond motifs is 1. The van der Waals surface area contributed by atoms with Crippen molar-refractivity contribution in [3.05, 3.63) is 23.8 Å². The van der Waals surface area contributed by atoms with Crippen LogP contribution in [0.1, 0.15) is 36.0 Å². The summed E-state index contributed by atoms with van der Waals surface area (Å²) in [5.41, 5.74) is 1.30. The lowest BCUT2D eigenvalue weighted by Crippen LogP contribution is -2.48. The van der Waals surface area contributed by atoms with Gasteiger partial charge in [-0.25, -0.2) is 0 Å². The second-order valence-corrected chi connectivity index (χ2v) is 8.42. The van der Waals surface area contributed by atoms with E-state index in [4.69, 9.17) is 4.74 Å². The van der Waals surface area contributed by atoms with Gasteiger partial charge in [0.1, 0.15) is 12.4 Å². The molecule has 1 fully saturated rings. The molecule has 1 unspecified atom stereocenters. The number of aliphatic hydroxyl groups is 1. The fourth-order valence-corrected chi connectivity index (χ4v) is 3.99. The molecular weight excluding hydrogens is 358 g/mol. The summed E-state index contributed by atoms with van der Waals surface area (Å²) in [6.45, 7) is 1.15. The molecule has 2 aliphatic rings. The van der Waals surface area contributed by atoms with Gasteiger partial charge in [0.25, 0.3) is 5.91 Å². The van der Waals surface area contributed by atoms with Crippen molar-refractivity contribution in [3.8, 4) is 5.75 Å². The molecule has 7 heteroatoms. The van der Waals surface area contributed by atoms with Gasteiger partial charge in [-0.15, -0.1) is 0 Å². The lowest BCUT2D eigenvalue weighted by atomic mass is 9.69. The number of anilines is 1. The standard InChI is InChI=1S/C21H31N3O4/c1-22(2)20(27)15-6-7-18-17(10-15)24(4)16(12-28-18)11-19(26)23(3)13-21(14-25)8-5-9-21/h6-7,10,16,25H,5,8-9,11-14H2,1-4H3. The Hall–Kier alpha value is -2.28. The van der Waals surface area contributed by atoms with E-state index in [9.17, 15) is 14.7 Å². The number of hydrogen-bond donors (Lipinski definition) is 1. The number of ether oxygens (including phenoxy) is 1. The Morgan fingerprint density at radius 1 is 1.29 bits per heavy atom. The van der Waals surface area contributed by atoms with E-state index in [1.54, 1.807) is 30.0 Å². The highest BCUT2D eigenvalue weighted by molar-refractivity contribution is 5.95. The van der Waals surface area contributed by atoms with Crippen LogP contribution < -0.4 is 9.64 Å². The highest BCUT2D eigenvalue weighted by Crippen LogP contribution is 2.41. The van der Waals surface area contributed by atoms with E-state index >= 15 is 0 Å². The van der Waals surface area contributed by atoms with Crippen LogP contribution in [-0.4, -0.2) is 80.7 Å². The number of amides is 2. The van der Waals surface area contributed by atoms with Crippen LogP contribution in [0.25, 0.3) is 0 Å². The molecule has 0 saturated heterocycles. The van der Waals surface area contributed by atoms with Crippen molar-refractivity contribution in [1.82, 2.24) is 9.80 Å². The normalized spacial score (nSPS) is 19.9. The number of nitrogens with zero attached hydrogens (tertiary/aromatic N) is 3. The van der Waals surface area contributed by atoms with Gasteiger partial charge < -0.3 is 24.5 Å². The topological polar surface area (TPSA) is 73.3 Å². The Bertz CT molecular complexity index is 740. The highest BCUT2D eigenvalue weighted by Gasteiger charge is 2.38. The SMILES string of the molecule is CN(C)C(=O)c1ccc2c(c1)N(C)C(CC(=O)N(C)CC1(CO)CCC1)CO2. The predicted molar refractivity (Wildman–Crippen MR) is 108 cm³/mol. The number of carbonyl (C=O) groups excluding carboxylic acids is 2. The van der Waals surface area contributed by atoms with Crippen LogP contribution in [0.15, 0.2) is 18.2 Å². The molecule has 1 aromatic carbocycles. The van der Waals surface area contributed by atoms with Crippen LogP contribution in [0, 0.1) is 5.41 Å². The van der Waals surface area contributed by atoms with E-state index < -0.39 is 0 Å². The molecule has 1 heterocycles. The summed E-state index contributed by atoms with van der Waals surface area (Å²) < 4.78 is 5.86. The minimum Gasteiger partial charge on any atom is -0.489 e. The van der Waals surface area contributed by atoms with Gasteiger partial charge >= 0.3 is 0 Å². The second-order valence-electron chi connectivity index (χ2n) is 8.42. The number of hydrogen-bond acceptors (Lipinski definition) is 5. The first kappa shape index (κ1) is 20.5. The minimum atomic E-state index is -0.118. The molecule has 1 aliphatic heterocycles. The Kier molecular flexibility index (Phi) is 5.84. The van der Waals surface area contributed by atoms with Gasteiger partial charge in [-0.05, 0) is 31.0 Å². The van der Waals surface area contributed by atoms with Crippen molar-refractivity contribution in [2.24, 2.45) is 5.41 Å². The predicted octanol–water partition coefficient (Wildman–Crippen LogP) is 1.60. The van der Waals surface area contributed by atoms with Gasteiger partial charge in [0.2, 0.25) is 5.91 Å². The Balaban J connectivity index is 1.67. The van der Waals surface area contributed by atoms with Crippen molar-refractivity contribution in [2.45, 2.75) is 31.7 Å². The smallest absolute Gasteiger partial charge is 0.253 e. The van der Waals surface area contributed by atoms with Gasteiger partial charge in [-0.3, -0.25) is 9.59 Å². The fourth-order valence-electron chi connectivity index (χ4n) is 3.99. The van der Waals surface area contributed by atoms with Crippen molar-refractivity contribution in [3.63, 3.8) is 0 Å². The fraction of sp³-hybridized carbons (Fsp3) is 0.619. The summed E-state index contributed by atoms with van der Waals surface area (Å²) in [4.78, 5) is 30.3. The first-order chi connectivity index (χ1) is 13.3. The maximum atomic E-state index is 12.8. The van der Waals surface area contributed by atoms with Gasteiger partial charge in [0.05, 0.1) is 24.8 Å². The Morgan fingerprint density at radius 3 is 2.57 bits per heavy atom. The molecule has 28 heavy (non-hydrogen) atoms. The molecule has 2 amide bonds. The van der Waals surface area contributed by atoms with Crippen LogP contribution in [0.4, 0.5) is 5.69 Å². The average molecular weight is 389 g/mol. The van der Waals surface area contributed by atoms with Gasteiger partial charge in [0, 0.05) is 45.7 Å². The largest absolute Gasteiger partial charge is 0.489 e. The summed E-state index contributed by atoms with van der Waals surface area (Å²) in [6.07, 6.45) is 3.40. The Morgan fingerprint density at radius 2 is 2.00 bits per heavy atom. The first-order valence-electron chi connectivity index (χ1n) is 9.82. The van der Waals surface area contributed by atoms with Crippen molar-refractivity contribution >= 4 is 17.5 Å². The lowest BCUT2D eigenvalue weighted by molar-refractivity contribution is -0.133. The number of likely N-dealkylation sites (N-methyl/N-ethyl adjacent to an activating group) is 1. The molecule has 1 saturated carbocycles. The van der Waals surface area contributed by atoms with E-state index in [1.165, 1.54) is 0 Å². The molecule has 0 radical (unpaired) electrons. The number of rotatable bonds is 6. The molecule has 0 spiro atoms. The lowest BCUT2D eigenvalue weighted by Gasteiger charge is -2.43. The molecule has 3 rings (SSSR count). The summed E-state index contributed by atoms with van der Waals surface area (Å²) in [5.74, 6) is 0.705. The van der Waals surface area contributed by atoms with Gasteiger partial charge in [0.15, 0.2) is 0 Å². The maximum absolute atomic E-state index is 12.8. The van der Waals surface area contributed by atoms with Crippen LogP contribution in [0.2, 0.25) is 0 Å². The summed E-state index contributed by atoms with van der Waals surface area (Å²) >= 11 is 0. The molecule has 1 N–H and O–H groups in total. The van der Waals surface area contributed by atoms with Crippen molar-refractivity contribution < 1.29 is 19.4 Å². The van der Waals surface area contributed by atoms with Gasteiger partial charge in [-0.2, -0.15) is 0 Å². The van der Waals surface area contributed by atoms with Crippen LogP contribution >= 0.6 is 0 Å². The quantitative estimate of drug-likeness (QED) is 0.800. The van der Waals surface area contributed by atoms with E-state index in [0.29, 0.717) is 25.1 Å². The summed E-state index contributed by atoms with van der Waals surface area (Å²) in [6, 6.07) is 5.31. The number of benzene rings is 1. The monoisotopic (exact) mass is 389 g/mol. The molecule has 1 atom stereocenters. The third kappa shape index (κ3) is 3.94. The van der Waals surface area contributed by atoms with E-state index in [1.807, 2.05) is 31.1 Å². The minimum absolute atomic E-state index is 0.0455. The molecular formula is C21H31N3O4. The third-order valence-electron chi connectivity index (χ3n) is 6.13.